The van der Waals surface area contributed by atoms with Crippen molar-refractivity contribution in [2.45, 2.75) is 19.4 Å². The second kappa shape index (κ2) is 5.60. The van der Waals surface area contributed by atoms with Gasteiger partial charge in [-0.25, -0.2) is 0 Å². The molecule has 1 rings (SSSR count). The molecule has 1 atom stereocenters. The summed E-state index contributed by atoms with van der Waals surface area (Å²) in [5, 5.41) is 13.3. The van der Waals surface area contributed by atoms with Crippen LogP contribution in [0, 0.1) is 10.1 Å². The number of nitrogens with zero attached hydrogens (tertiary/aromatic N) is 1. The van der Waals surface area contributed by atoms with Crippen LogP contribution in [-0.4, -0.2) is 16.9 Å². The number of amides is 1. The monoisotopic (exact) mass is 257 g/mol. The van der Waals surface area contributed by atoms with Gasteiger partial charge in [0.1, 0.15) is 0 Å². The van der Waals surface area contributed by atoms with Crippen molar-refractivity contribution < 1.29 is 9.72 Å². The topological polar surface area (TPSA) is 98.3 Å². The van der Waals surface area contributed by atoms with Crippen molar-refractivity contribution in [3.8, 4) is 0 Å². The fraction of sp³-hybridized carbons (Fsp3) is 0.300. The average molecular weight is 258 g/mol. The molecule has 0 bridgehead atoms. The summed E-state index contributed by atoms with van der Waals surface area (Å²) < 4.78 is 0. The van der Waals surface area contributed by atoms with Gasteiger partial charge in [-0.15, -0.1) is 0 Å². The first-order valence-corrected chi connectivity index (χ1v) is 5.27. The van der Waals surface area contributed by atoms with Gasteiger partial charge in [-0.2, -0.15) is 0 Å². The van der Waals surface area contributed by atoms with Crippen LogP contribution in [0.4, 0.5) is 11.4 Å². The molecular weight excluding hydrogens is 246 g/mol. The number of halogens is 1. The van der Waals surface area contributed by atoms with Crippen LogP contribution < -0.4 is 11.1 Å². The van der Waals surface area contributed by atoms with E-state index in [4.69, 9.17) is 17.3 Å². The number of hydrogen-bond donors (Lipinski definition) is 2. The summed E-state index contributed by atoms with van der Waals surface area (Å²) in [6.07, 6.45) is 0.124. The molecule has 0 spiro atoms. The van der Waals surface area contributed by atoms with Crippen LogP contribution in [0.25, 0.3) is 0 Å². The number of rotatable bonds is 4. The molecule has 0 aromatic heterocycles. The van der Waals surface area contributed by atoms with Crippen molar-refractivity contribution in [2.75, 3.05) is 5.32 Å². The Labute approximate surface area is 103 Å². The van der Waals surface area contributed by atoms with Crippen LogP contribution in [0.3, 0.4) is 0 Å². The number of carbonyl (C=O) groups is 1. The van der Waals surface area contributed by atoms with Gasteiger partial charge in [-0.1, -0.05) is 11.6 Å². The Balaban J connectivity index is 2.86. The number of nitro benzene ring substituents is 1. The van der Waals surface area contributed by atoms with E-state index in [-0.39, 0.29) is 34.8 Å². The molecule has 0 heterocycles. The quantitative estimate of drug-likeness (QED) is 0.636. The minimum atomic E-state index is -0.558. The van der Waals surface area contributed by atoms with Crippen molar-refractivity contribution in [3.05, 3.63) is 33.3 Å². The van der Waals surface area contributed by atoms with E-state index in [2.05, 4.69) is 5.32 Å². The molecule has 0 saturated carbocycles. The van der Waals surface area contributed by atoms with E-state index in [1.54, 1.807) is 6.92 Å². The second-order valence-electron chi connectivity index (χ2n) is 3.65. The Morgan fingerprint density at radius 2 is 2.29 bits per heavy atom. The lowest BCUT2D eigenvalue weighted by Crippen LogP contribution is -2.24. The number of anilines is 1. The molecule has 0 aliphatic carbocycles. The summed E-state index contributed by atoms with van der Waals surface area (Å²) in [4.78, 5) is 21.4. The highest BCUT2D eigenvalue weighted by atomic mass is 35.5. The first-order chi connectivity index (χ1) is 7.90. The van der Waals surface area contributed by atoms with Gasteiger partial charge in [0.2, 0.25) is 5.91 Å². The number of carbonyl (C=O) groups excluding carboxylic acids is 1. The fourth-order valence-corrected chi connectivity index (χ4v) is 1.38. The van der Waals surface area contributed by atoms with Gasteiger partial charge in [0.15, 0.2) is 0 Å². The Bertz CT molecular complexity index is 448. The van der Waals surface area contributed by atoms with Gasteiger partial charge in [-0.3, -0.25) is 14.9 Å². The highest BCUT2D eigenvalue weighted by Gasteiger charge is 2.12. The summed E-state index contributed by atoms with van der Waals surface area (Å²) in [6.45, 7) is 1.69. The standard InChI is InChI=1S/C10H12ClN3O3/c1-6(12)4-10(15)13-9-5-7(14(16)17)2-3-8(9)11/h2-3,5-6H,4,12H2,1H3,(H,13,15). The summed E-state index contributed by atoms with van der Waals surface area (Å²) in [6, 6.07) is 3.55. The van der Waals surface area contributed by atoms with E-state index in [9.17, 15) is 14.9 Å². The predicted octanol–water partition coefficient (Wildman–Crippen LogP) is 1.92. The normalized spacial score (nSPS) is 11.9. The zero-order valence-electron chi connectivity index (χ0n) is 9.14. The Kier molecular flexibility index (Phi) is 4.42. The maximum atomic E-state index is 11.4. The van der Waals surface area contributed by atoms with Gasteiger partial charge >= 0.3 is 0 Å². The first-order valence-electron chi connectivity index (χ1n) is 4.89. The van der Waals surface area contributed by atoms with E-state index in [1.807, 2.05) is 0 Å². The molecule has 0 aliphatic heterocycles. The number of nitrogens with two attached hydrogens (primary N) is 1. The number of nitrogens with one attached hydrogen (secondary N) is 1. The molecule has 6 nitrogen and oxygen atoms in total. The van der Waals surface area contributed by atoms with E-state index < -0.39 is 4.92 Å². The minimum absolute atomic E-state index is 0.124. The maximum absolute atomic E-state index is 11.4. The van der Waals surface area contributed by atoms with E-state index in [1.165, 1.54) is 18.2 Å². The van der Waals surface area contributed by atoms with Crippen LogP contribution in [0.1, 0.15) is 13.3 Å². The molecule has 0 saturated heterocycles. The van der Waals surface area contributed by atoms with Crippen LogP contribution in [-0.2, 0) is 4.79 Å². The summed E-state index contributed by atoms with van der Waals surface area (Å²) >= 11 is 5.81. The van der Waals surface area contributed by atoms with Gasteiger partial charge in [0.05, 0.1) is 15.6 Å². The molecule has 1 unspecified atom stereocenters. The van der Waals surface area contributed by atoms with E-state index in [0.717, 1.165) is 0 Å². The number of nitro groups is 1. The van der Waals surface area contributed by atoms with Crippen molar-refractivity contribution in [1.82, 2.24) is 0 Å². The molecule has 0 aliphatic rings. The van der Waals surface area contributed by atoms with Gasteiger partial charge in [0.25, 0.3) is 5.69 Å². The van der Waals surface area contributed by atoms with Crippen molar-refractivity contribution in [2.24, 2.45) is 5.73 Å². The lowest BCUT2D eigenvalue weighted by molar-refractivity contribution is -0.384. The summed E-state index contributed by atoms with van der Waals surface area (Å²) in [7, 11) is 0. The smallest absolute Gasteiger partial charge is 0.271 e. The molecule has 3 N–H and O–H groups in total. The third-order valence-corrected chi connectivity index (χ3v) is 2.27. The molecule has 0 radical (unpaired) electrons. The first kappa shape index (κ1) is 13.4. The van der Waals surface area contributed by atoms with Gasteiger partial charge < -0.3 is 11.1 Å². The molecule has 0 fully saturated rings. The predicted molar refractivity (Wildman–Crippen MR) is 65.0 cm³/mol. The van der Waals surface area contributed by atoms with Gasteiger partial charge in [0, 0.05) is 24.6 Å². The second-order valence-corrected chi connectivity index (χ2v) is 4.06. The Morgan fingerprint density at radius 1 is 1.65 bits per heavy atom. The highest BCUT2D eigenvalue weighted by Crippen LogP contribution is 2.26. The van der Waals surface area contributed by atoms with Gasteiger partial charge in [-0.05, 0) is 13.0 Å². The summed E-state index contributed by atoms with van der Waals surface area (Å²) in [5.41, 5.74) is 5.54. The lowest BCUT2D eigenvalue weighted by atomic mass is 10.2. The molecule has 17 heavy (non-hydrogen) atoms. The van der Waals surface area contributed by atoms with Crippen LogP contribution in [0.15, 0.2) is 18.2 Å². The number of hydrogen-bond acceptors (Lipinski definition) is 4. The fourth-order valence-electron chi connectivity index (χ4n) is 1.22. The Hall–Kier alpha value is -1.66. The molecular formula is C10H12ClN3O3. The average Bonchev–Trinajstić information content (AvgIpc) is 2.19. The zero-order valence-corrected chi connectivity index (χ0v) is 9.90. The Morgan fingerprint density at radius 3 is 2.82 bits per heavy atom. The molecule has 92 valence electrons. The molecule has 1 aromatic carbocycles. The third kappa shape index (κ3) is 4.01. The van der Waals surface area contributed by atoms with E-state index in [0.29, 0.717) is 0 Å². The maximum Gasteiger partial charge on any atom is 0.271 e. The van der Waals surface area contributed by atoms with Crippen molar-refractivity contribution in [1.29, 1.82) is 0 Å². The molecule has 7 heteroatoms. The molecule has 1 amide bonds. The van der Waals surface area contributed by atoms with E-state index >= 15 is 0 Å². The minimum Gasteiger partial charge on any atom is -0.327 e. The molecule has 1 aromatic rings. The number of benzene rings is 1. The number of non-ortho nitro benzene ring substituents is 1. The third-order valence-electron chi connectivity index (χ3n) is 1.94. The van der Waals surface area contributed by atoms with Crippen LogP contribution in [0.2, 0.25) is 5.02 Å². The van der Waals surface area contributed by atoms with Crippen LogP contribution >= 0.6 is 11.6 Å². The lowest BCUT2D eigenvalue weighted by Gasteiger charge is -2.08. The SMILES string of the molecule is CC(N)CC(=O)Nc1cc([N+](=O)[O-])ccc1Cl. The zero-order chi connectivity index (χ0) is 13.0. The highest BCUT2D eigenvalue weighted by molar-refractivity contribution is 6.33. The van der Waals surface area contributed by atoms with Crippen molar-refractivity contribution in [3.63, 3.8) is 0 Å². The largest absolute Gasteiger partial charge is 0.327 e. The van der Waals surface area contributed by atoms with Crippen molar-refractivity contribution >= 4 is 28.9 Å². The summed E-state index contributed by atoms with van der Waals surface area (Å²) in [5.74, 6) is -0.331. The van der Waals surface area contributed by atoms with Crippen LogP contribution in [0.5, 0.6) is 0 Å².